The third kappa shape index (κ3) is 3.14. The van der Waals surface area contributed by atoms with Crippen LogP contribution in [0.4, 0.5) is 0 Å². The van der Waals surface area contributed by atoms with E-state index in [0.29, 0.717) is 6.54 Å². The van der Waals surface area contributed by atoms with Crippen LogP contribution >= 0.6 is 0 Å². The van der Waals surface area contributed by atoms with Crippen molar-refractivity contribution in [3.05, 3.63) is 47.4 Å². The molecular formula is C16H21NO3. The van der Waals surface area contributed by atoms with Gasteiger partial charge in [-0.2, -0.15) is 0 Å². The van der Waals surface area contributed by atoms with Gasteiger partial charge in [0, 0.05) is 11.6 Å². The Hall–Kier alpha value is -1.94. The fraction of sp³-hybridized carbons (Fsp3) is 0.375. The van der Waals surface area contributed by atoms with Crippen molar-refractivity contribution in [2.45, 2.75) is 26.4 Å². The summed E-state index contributed by atoms with van der Waals surface area (Å²) in [4.78, 5) is 0. The highest BCUT2D eigenvalue weighted by Crippen LogP contribution is 2.29. The third-order valence-corrected chi connectivity index (χ3v) is 3.44. The second-order valence-corrected chi connectivity index (χ2v) is 4.74. The zero-order chi connectivity index (χ0) is 14.5. The minimum absolute atomic E-state index is 0.129. The molecule has 4 nitrogen and oxygen atoms in total. The van der Waals surface area contributed by atoms with Crippen molar-refractivity contribution >= 4 is 0 Å². The maximum Gasteiger partial charge on any atom is 0.123 e. The van der Waals surface area contributed by atoms with Gasteiger partial charge in [0.15, 0.2) is 0 Å². The summed E-state index contributed by atoms with van der Waals surface area (Å²) >= 11 is 0. The van der Waals surface area contributed by atoms with Gasteiger partial charge in [0.1, 0.15) is 17.3 Å². The van der Waals surface area contributed by atoms with Gasteiger partial charge in [-0.25, -0.2) is 0 Å². The standard InChI is InChI=1S/C16H21NO3/c1-11-7-8-20-16(11)10-17-12(2)14-9-13(18-3)5-6-15(14)19-4/h5-9,12,17H,10H2,1-4H3. The molecule has 0 fully saturated rings. The Balaban J connectivity index is 2.11. The number of aryl methyl sites for hydroxylation is 1. The van der Waals surface area contributed by atoms with Crippen molar-refractivity contribution in [2.75, 3.05) is 14.2 Å². The molecule has 1 aromatic carbocycles. The summed E-state index contributed by atoms with van der Waals surface area (Å²) in [6, 6.07) is 7.90. The first kappa shape index (κ1) is 14.5. The van der Waals surface area contributed by atoms with Crippen molar-refractivity contribution in [2.24, 2.45) is 0 Å². The Labute approximate surface area is 119 Å². The van der Waals surface area contributed by atoms with Gasteiger partial charge in [-0.3, -0.25) is 0 Å². The largest absolute Gasteiger partial charge is 0.497 e. The van der Waals surface area contributed by atoms with Gasteiger partial charge in [-0.05, 0) is 43.7 Å². The molecule has 1 aromatic heterocycles. The summed E-state index contributed by atoms with van der Waals surface area (Å²) in [7, 11) is 3.34. The number of hydrogen-bond acceptors (Lipinski definition) is 4. The summed E-state index contributed by atoms with van der Waals surface area (Å²) in [6.45, 7) is 4.81. The molecule has 1 atom stereocenters. The average molecular weight is 275 g/mol. The molecular weight excluding hydrogens is 254 g/mol. The normalized spacial score (nSPS) is 12.2. The minimum Gasteiger partial charge on any atom is -0.497 e. The van der Waals surface area contributed by atoms with E-state index >= 15 is 0 Å². The highest BCUT2D eigenvalue weighted by molar-refractivity contribution is 5.42. The van der Waals surface area contributed by atoms with Crippen molar-refractivity contribution in [1.82, 2.24) is 5.32 Å². The number of nitrogens with one attached hydrogen (secondary N) is 1. The van der Waals surface area contributed by atoms with Crippen molar-refractivity contribution < 1.29 is 13.9 Å². The molecule has 0 spiro atoms. The minimum atomic E-state index is 0.129. The molecule has 0 aliphatic carbocycles. The molecule has 0 aliphatic heterocycles. The van der Waals surface area contributed by atoms with E-state index in [0.717, 1.165) is 28.4 Å². The van der Waals surface area contributed by atoms with Crippen LogP contribution in [-0.4, -0.2) is 14.2 Å². The van der Waals surface area contributed by atoms with Crippen LogP contribution in [-0.2, 0) is 6.54 Å². The van der Waals surface area contributed by atoms with E-state index in [-0.39, 0.29) is 6.04 Å². The first-order valence-corrected chi connectivity index (χ1v) is 6.64. The quantitative estimate of drug-likeness (QED) is 0.877. The monoisotopic (exact) mass is 275 g/mol. The lowest BCUT2D eigenvalue weighted by Crippen LogP contribution is -2.19. The van der Waals surface area contributed by atoms with Crippen LogP contribution in [0.15, 0.2) is 34.9 Å². The summed E-state index contributed by atoms with van der Waals surface area (Å²) in [5.74, 6) is 2.63. The van der Waals surface area contributed by atoms with Crippen molar-refractivity contribution in [1.29, 1.82) is 0 Å². The van der Waals surface area contributed by atoms with Gasteiger partial charge in [0.2, 0.25) is 0 Å². The molecule has 4 heteroatoms. The molecule has 1 heterocycles. The third-order valence-electron chi connectivity index (χ3n) is 3.44. The molecule has 1 N–H and O–H groups in total. The van der Waals surface area contributed by atoms with E-state index in [4.69, 9.17) is 13.9 Å². The van der Waals surface area contributed by atoms with Crippen molar-refractivity contribution in [3.63, 3.8) is 0 Å². The molecule has 0 saturated heterocycles. The Morgan fingerprint density at radius 2 is 2.00 bits per heavy atom. The van der Waals surface area contributed by atoms with E-state index in [9.17, 15) is 0 Å². The fourth-order valence-electron chi connectivity index (χ4n) is 2.12. The van der Waals surface area contributed by atoms with Crippen LogP contribution in [0, 0.1) is 6.92 Å². The van der Waals surface area contributed by atoms with Crippen LogP contribution < -0.4 is 14.8 Å². The van der Waals surface area contributed by atoms with Crippen LogP contribution in [0.2, 0.25) is 0 Å². The molecule has 2 aromatic rings. The number of hydrogen-bond donors (Lipinski definition) is 1. The summed E-state index contributed by atoms with van der Waals surface area (Å²) in [5, 5.41) is 3.44. The van der Waals surface area contributed by atoms with Crippen LogP contribution in [0.5, 0.6) is 11.5 Å². The maximum atomic E-state index is 5.43. The molecule has 0 saturated carbocycles. The number of ether oxygens (including phenoxy) is 2. The topological polar surface area (TPSA) is 43.6 Å². The molecule has 2 rings (SSSR count). The van der Waals surface area contributed by atoms with Gasteiger partial charge < -0.3 is 19.2 Å². The number of benzene rings is 1. The lowest BCUT2D eigenvalue weighted by molar-refractivity contribution is 0.388. The van der Waals surface area contributed by atoms with E-state index in [1.165, 1.54) is 0 Å². The van der Waals surface area contributed by atoms with E-state index in [1.807, 2.05) is 31.2 Å². The lowest BCUT2D eigenvalue weighted by atomic mass is 10.1. The highest BCUT2D eigenvalue weighted by atomic mass is 16.5. The molecule has 0 bridgehead atoms. The fourth-order valence-corrected chi connectivity index (χ4v) is 2.12. The Kier molecular flexibility index (Phi) is 4.69. The van der Waals surface area contributed by atoms with Gasteiger partial charge in [0.05, 0.1) is 27.0 Å². The number of methoxy groups -OCH3 is 2. The lowest BCUT2D eigenvalue weighted by Gasteiger charge is -2.18. The van der Waals surface area contributed by atoms with Crippen LogP contribution in [0.25, 0.3) is 0 Å². The predicted octanol–water partition coefficient (Wildman–Crippen LogP) is 3.46. The van der Waals surface area contributed by atoms with Gasteiger partial charge in [-0.1, -0.05) is 0 Å². The van der Waals surface area contributed by atoms with E-state index < -0.39 is 0 Å². The molecule has 0 radical (unpaired) electrons. The Morgan fingerprint density at radius 1 is 1.20 bits per heavy atom. The number of furan rings is 1. The molecule has 0 amide bonds. The maximum absolute atomic E-state index is 5.43. The zero-order valence-electron chi connectivity index (χ0n) is 12.4. The first-order chi connectivity index (χ1) is 9.65. The number of rotatable bonds is 6. The predicted molar refractivity (Wildman–Crippen MR) is 78.2 cm³/mol. The first-order valence-electron chi connectivity index (χ1n) is 6.64. The molecule has 108 valence electrons. The second kappa shape index (κ2) is 6.48. The second-order valence-electron chi connectivity index (χ2n) is 4.74. The van der Waals surface area contributed by atoms with Gasteiger partial charge >= 0.3 is 0 Å². The molecule has 1 unspecified atom stereocenters. The summed E-state index contributed by atoms with van der Waals surface area (Å²) < 4.78 is 16.1. The van der Waals surface area contributed by atoms with Crippen LogP contribution in [0.3, 0.4) is 0 Å². The smallest absolute Gasteiger partial charge is 0.123 e. The Bertz CT molecular complexity index is 563. The van der Waals surface area contributed by atoms with Crippen LogP contribution in [0.1, 0.15) is 29.9 Å². The van der Waals surface area contributed by atoms with Crippen molar-refractivity contribution in [3.8, 4) is 11.5 Å². The SMILES string of the molecule is COc1ccc(OC)c(C(C)NCc2occc2C)c1. The molecule has 20 heavy (non-hydrogen) atoms. The van der Waals surface area contributed by atoms with E-state index in [2.05, 4.69) is 12.2 Å². The average Bonchev–Trinajstić information content (AvgIpc) is 2.89. The van der Waals surface area contributed by atoms with Gasteiger partial charge in [-0.15, -0.1) is 0 Å². The molecule has 0 aliphatic rings. The highest BCUT2D eigenvalue weighted by Gasteiger charge is 2.13. The summed E-state index contributed by atoms with van der Waals surface area (Å²) in [5.41, 5.74) is 2.22. The van der Waals surface area contributed by atoms with Gasteiger partial charge in [0.25, 0.3) is 0 Å². The summed E-state index contributed by atoms with van der Waals surface area (Å²) in [6.07, 6.45) is 1.71. The Morgan fingerprint density at radius 3 is 2.60 bits per heavy atom. The van der Waals surface area contributed by atoms with E-state index in [1.54, 1.807) is 20.5 Å². The zero-order valence-corrected chi connectivity index (χ0v) is 12.4.